The quantitative estimate of drug-likeness (QED) is 0.379. The van der Waals surface area contributed by atoms with Gasteiger partial charge in [-0.15, -0.1) is 0 Å². The van der Waals surface area contributed by atoms with Crippen molar-refractivity contribution >= 4 is 44.1 Å². The summed E-state index contributed by atoms with van der Waals surface area (Å²) in [5.74, 6) is -0.730. The first kappa shape index (κ1) is 25.0. The molecule has 0 atom stereocenters. The first-order valence-electron chi connectivity index (χ1n) is 13.2. The number of hydrogen-bond donors (Lipinski definition) is 3. The van der Waals surface area contributed by atoms with E-state index in [9.17, 15) is 18.0 Å². The van der Waals surface area contributed by atoms with Crippen LogP contribution in [0.4, 0.5) is 17.1 Å². The molecule has 2 aliphatic carbocycles. The minimum absolute atomic E-state index is 0.335. The fourth-order valence-corrected chi connectivity index (χ4v) is 6.23. The molecule has 3 N–H and O–H groups in total. The molecule has 10 nitrogen and oxygen atoms in total. The molecule has 38 heavy (non-hydrogen) atoms. The molecule has 202 valence electrons. The number of aliphatic hydroxyl groups is 1. The maximum absolute atomic E-state index is 13.6. The number of carbonyl (C=O) groups is 1. The van der Waals surface area contributed by atoms with E-state index >= 15 is 0 Å². The third-order valence-electron chi connectivity index (χ3n) is 8.08. The normalized spacial score (nSPS) is 18.6. The predicted octanol–water partition coefficient (Wildman–Crippen LogP) is 3.37. The number of para-hydroxylation sites is 1. The van der Waals surface area contributed by atoms with Gasteiger partial charge in [-0.2, -0.15) is 0 Å². The lowest BCUT2D eigenvalue weighted by molar-refractivity contribution is 0.102. The van der Waals surface area contributed by atoms with Gasteiger partial charge in [-0.05, 0) is 80.2 Å². The van der Waals surface area contributed by atoms with Gasteiger partial charge in [0.25, 0.3) is 5.91 Å². The number of carbonyl (C=O) groups excluding carboxylic acids is 1. The van der Waals surface area contributed by atoms with Crippen LogP contribution in [0, 0.1) is 11.3 Å². The summed E-state index contributed by atoms with van der Waals surface area (Å²) < 4.78 is 34.2. The Morgan fingerprint density at radius 1 is 1.11 bits per heavy atom. The SMILES string of the molecule is O=C(Nc1cccc2c1oc(=O)n2CC1CC1)c1ccc(NS(=O)(=O)CCO)cc1N1CCC2(CC1)CC2. The van der Waals surface area contributed by atoms with Crippen molar-refractivity contribution in [2.75, 3.05) is 40.4 Å². The van der Waals surface area contributed by atoms with E-state index in [0.29, 0.717) is 51.6 Å². The summed E-state index contributed by atoms with van der Waals surface area (Å²) >= 11 is 0. The fraction of sp³-hybridized carbons (Fsp3) is 0.481. The molecule has 11 heteroatoms. The van der Waals surface area contributed by atoms with Crippen molar-refractivity contribution in [3.05, 3.63) is 52.5 Å². The van der Waals surface area contributed by atoms with Crippen LogP contribution in [0.5, 0.6) is 0 Å². The van der Waals surface area contributed by atoms with E-state index in [0.717, 1.165) is 38.8 Å². The molecule has 1 aromatic heterocycles. The van der Waals surface area contributed by atoms with Gasteiger partial charge in [-0.1, -0.05) is 6.07 Å². The average molecular weight is 541 g/mol. The molecular weight excluding hydrogens is 508 g/mol. The number of nitrogens with zero attached hydrogens (tertiary/aromatic N) is 2. The Bertz CT molecular complexity index is 1540. The maximum Gasteiger partial charge on any atom is 0.420 e. The molecule has 2 aromatic carbocycles. The molecule has 1 saturated heterocycles. The summed E-state index contributed by atoms with van der Waals surface area (Å²) in [5, 5.41) is 12.0. The molecule has 3 aliphatic rings. The van der Waals surface area contributed by atoms with Crippen LogP contribution in [0.15, 0.2) is 45.6 Å². The summed E-state index contributed by atoms with van der Waals surface area (Å²) in [6.07, 6.45) is 6.75. The van der Waals surface area contributed by atoms with Crippen molar-refractivity contribution in [1.82, 2.24) is 4.57 Å². The van der Waals surface area contributed by atoms with E-state index < -0.39 is 28.1 Å². The molecular formula is C27H32N4O6S. The Kier molecular flexibility index (Phi) is 6.22. The van der Waals surface area contributed by atoms with E-state index in [-0.39, 0.29) is 5.91 Å². The van der Waals surface area contributed by atoms with Crippen molar-refractivity contribution in [1.29, 1.82) is 0 Å². The van der Waals surface area contributed by atoms with Gasteiger partial charge in [-0.3, -0.25) is 14.1 Å². The molecule has 0 bridgehead atoms. The zero-order valence-electron chi connectivity index (χ0n) is 21.1. The molecule has 1 aliphatic heterocycles. The highest BCUT2D eigenvalue weighted by Crippen LogP contribution is 2.54. The molecule has 6 rings (SSSR count). The number of rotatable bonds is 9. The first-order chi connectivity index (χ1) is 18.3. The zero-order valence-corrected chi connectivity index (χ0v) is 21.9. The molecule has 0 radical (unpaired) electrons. The summed E-state index contributed by atoms with van der Waals surface area (Å²) in [4.78, 5) is 28.3. The van der Waals surface area contributed by atoms with Gasteiger partial charge in [0.2, 0.25) is 10.0 Å². The first-order valence-corrected chi connectivity index (χ1v) is 14.9. The Balaban J connectivity index is 1.31. The number of benzene rings is 2. The van der Waals surface area contributed by atoms with Crippen LogP contribution in [-0.4, -0.2) is 49.4 Å². The minimum atomic E-state index is -3.72. The number of piperidine rings is 1. The van der Waals surface area contributed by atoms with Gasteiger partial charge in [0.05, 0.1) is 40.5 Å². The van der Waals surface area contributed by atoms with E-state index in [1.54, 1.807) is 34.9 Å². The monoisotopic (exact) mass is 540 g/mol. The lowest BCUT2D eigenvalue weighted by Gasteiger charge is -2.35. The highest BCUT2D eigenvalue weighted by Gasteiger charge is 2.44. The number of amides is 1. The van der Waals surface area contributed by atoms with E-state index in [1.165, 1.54) is 12.8 Å². The Morgan fingerprint density at radius 3 is 2.55 bits per heavy atom. The standard InChI is InChI=1S/C27H32N4O6S/c32-14-15-38(35,36)29-19-6-7-20(23(16-19)30-12-10-27(8-9-27)11-13-30)25(33)28-21-2-1-3-22-24(21)37-26(34)31(22)17-18-4-5-18/h1-3,6-7,16,18,29,32H,4-5,8-15,17H2,(H,28,33). The largest absolute Gasteiger partial charge is 0.420 e. The third kappa shape index (κ3) is 5.04. The number of sulfonamides is 1. The van der Waals surface area contributed by atoms with Gasteiger partial charge >= 0.3 is 5.76 Å². The predicted molar refractivity (Wildman–Crippen MR) is 145 cm³/mol. The maximum atomic E-state index is 13.6. The van der Waals surface area contributed by atoms with Crippen molar-refractivity contribution in [3.63, 3.8) is 0 Å². The number of hydrogen-bond acceptors (Lipinski definition) is 7. The van der Waals surface area contributed by atoms with E-state index in [4.69, 9.17) is 9.52 Å². The topological polar surface area (TPSA) is 134 Å². The molecule has 2 heterocycles. The molecule has 2 saturated carbocycles. The lowest BCUT2D eigenvalue weighted by Crippen LogP contribution is -2.35. The van der Waals surface area contributed by atoms with Crippen LogP contribution in [0.25, 0.3) is 11.1 Å². The number of aromatic nitrogens is 1. The van der Waals surface area contributed by atoms with Crippen molar-refractivity contribution in [2.45, 2.75) is 45.1 Å². The summed E-state index contributed by atoms with van der Waals surface area (Å²) in [6, 6.07) is 10.2. The third-order valence-corrected chi connectivity index (χ3v) is 9.35. The number of fused-ring (bicyclic) bond motifs is 1. The van der Waals surface area contributed by atoms with Crippen LogP contribution < -0.4 is 20.7 Å². The van der Waals surface area contributed by atoms with Crippen molar-refractivity contribution in [2.24, 2.45) is 11.3 Å². The molecule has 3 fully saturated rings. The number of nitrogens with one attached hydrogen (secondary N) is 2. The highest BCUT2D eigenvalue weighted by molar-refractivity contribution is 7.92. The Morgan fingerprint density at radius 2 is 1.87 bits per heavy atom. The van der Waals surface area contributed by atoms with Gasteiger partial charge < -0.3 is 19.7 Å². The Hall–Kier alpha value is -3.31. The van der Waals surface area contributed by atoms with Crippen molar-refractivity contribution in [3.8, 4) is 0 Å². The van der Waals surface area contributed by atoms with Crippen LogP contribution in [0.2, 0.25) is 0 Å². The summed E-state index contributed by atoms with van der Waals surface area (Å²) in [6.45, 7) is 1.68. The van der Waals surface area contributed by atoms with Crippen LogP contribution in [-0.2, 0) is 16.6 Å². The molecule has 3 aromatic rings. The van der Waals surface area contributed by atoms with Gasteiger partial charge in [0, 0.05) is 19.6 Å². The van der Waals surface area contributed by atoms with E-state index in [2.05, 4.69) is 14.9 Å². The van der Waals surface area contributed by atoms with Crippen molar-refractivity contribution < 1.29 is 22.7 Å². The smallest absolute Gasteiger partial charge is 0.405 e. The van der Waals surface area contributed by atoms with E-state index in [1.807, 2.05) is 6.07 Å². The van der Waals surface area contributed by atoms with Crippen LogP contribution in [0.3, 0.4) is 0 Å². The van der Waals surface area contributed by atoms with Crippen LogP contribution >= 0.6 is 0 Å². The second kappa shape index (κ2) is 9.46. The number of aliphatic hydroxyl groups excluding tert-OH is 1. The van der Waals surface area contributed by atoms with Gasteiger partial charge in [0.1, 0.15) is 0 Å². The van der Waals surface area contributed by atoms with Gasteiger partial charge in [0.15, 0.2) is 5.58 Å². The number of anilines is 3. The summed E-state index contributed by atoms with van der Waals surface area (Å²) in [5.41, 5.74) is 3.21. The van der Waals surface area contributed by atoms with Crippen LogP contribution in [0.1, 0.15) is 48.9 Å². The zero-order chi connectivity index (χ0) is 26.5. The molecule has 0 unspecified atom stereocenters. The molecule has 1 amide bonds. The Labute approximate surface area is 220 Å². The second-order valence-electron chi connectivity index (χ2n) is 10.9. The van der Waals surface area contributed by atoms with Gasteiger partial charge in [-0.25, -0.2) is 13.2 Å². The minimum Gasteiger partial charge on any atom is -0.405 e. The lowest BCUT2D eigenvalue weighted by atomic mass is 9.93. The average Bonchev–Trinajstić information content (AvgIpc) is 3.81. The number of oxazole rings is 1. The highest BCUT2D eigenvalue weighted by atomic mass is 32.2. The fourth-order valence-electron chi connectivity index (χ4n) is 5.40. The summed E-state index contributed by atoms with van der Waals surface area (Å²) in [7, 11) is -3.72. The molecule has 1 spiro atoms. The second-order valence-corrected chi connectivity index (χ2v) is 12.7.